The SMILES string of the molecule is CC1(NS(=O)(=O)c2ccc(F)c(N)c2F)CCOC1. The van der Waals surface area contributed by atoms with Crippen molar-refractivity contribution in [3.8, 4) is 0 Å². The highest BCUT2D eigenvalue weighted by molar-refractivity contribution is 7.89. The van der Waals surface area contributed by atoms with Crippen LogP contribution in [-0.2, 0) is 14.8 Å². The van der Waals surface area contributed by atoms with E-state index in [1.54, 1.807) is 6.92 Å². The Morgan fingerprint density at radius 2 is 2.11 bits per heavy atom. The van der Waals surface area contributed by atoms with Crippen LogP contribution in [0, 0.1) is 11.6 Å². The van der Waals surface area contributed by atoms with Crippen molar-refractivity contribution in [1.29, 1.82) is 0 Å². The minimum atomic E-state index is -4.12. The summed E-state index contributed by atoms with van der Waals surface area (Å²) in [7, 11) is -4.12. The Bertz CT molecular complexity index is 598. The van der Waals surface area contributed by atoms with Gasteiger partial charge in [0, 0.05) is 6.61 Å². The first-order valence-corrected chi connectivity index (χ1v) is 7.09. The number of nitrogens with one attached hydrogen (secondary N) is 1. The third-order valence-electron chi connectivity index (χ3n) is 2.98. The Kier molecular flexibility index (Phi) is 3.50. The maximum Gasteiger partial charge on any atom is 0.244 e. The average Bonchev–Trinajstić information content (AvgIpc) is 2.71. The minimum Gasteiger partial charge on any atom is -0.394 e. The highest BCUT2D eigenvalue weighted by Crippen LogP contribution is 2.26. The summed E-state index contributed by atoms with van der Waals surface area (Å²) in [6.45, 7) is 2.28. The van der Waals surface area contributed by atoms with Gasteiger partial charge < -0.3 is 10.5 Å². The maximum atomic E-state index is 13.7. The molecule has 1 fully saturated rings. The zero-order valence-electron chi connectivity index (χ0n) is 10.2. The van der Waals surface area contributed by atoms with Crippen LogP contribution in [0.1, 0.15) is 13.3 Å². The topological polar surface area (TPSA) is 81.4 Å². The lowest BCUT2D eigenvalue weighted by molar-refractivity contribution is 0.178. The Balaban J connectivity index is 2.37. The van der Waals surface area contributed by atoms with Crippen LogP contribution in [-0.4, -0.2) is 27.2 Å². The number of ether oxygens (including phenoxy) is 1. The first-order chi connectivity index (χ1) is 8.75. The van der Waals surface area contributed by atoms with Gasteiger partial charge in [0.25, 0.3) is 0 Å². The molecule has 1 aliphatic heterocycles. The number of hydrogen-bond acceptors (Lipinski definition) is 4. The second-order valence-corrected chi connectivity index (χ2v) is 6.39. The third kappa shape index (κ3) is 2.70. The van der Waals surface area contributed by atoms with Crippen LogP contribution in [0.15, 0.2) is 17.0 Å². The van der Waals surface area contributed by atoms with Crippen molar-refractivity contribution < 1.29 is 21.9 Å². The number of nitrogen functional groups attached to an aromatic ring is 1. The predicted octanol–water partition coefficient (Wildman–Crippen LogP) is 1.00. The third-order valence-corrected chi connectivity index (χ3v) is 4.64. The smallest absolute Gasteiger partial charge is 0.244 e. The van der Waals surface area contributed by atoms with E-state index in [1.165, 1.54) is 0 Å². The number of halogens is 2. The van der Waals surface area contributed by atoms with Gasteiger partial charge in [-0.2, -0.15) is 0 Å². The van der Waals surface area contributed by atoms with Crippen molar-refractivity contribution in [3.05, 3.63) is 23.8 Å². The van der Waals surface area contributed by atoms with Gasteiger partial charge in [0.1, 0.15) is 16.4 Å². The van der Waals surface area contributed by atoms with Crippen LogP contribution in [0.3, 0.4) is 0 Å². The van der Waals surface area contributed by atoms with Crippen molar-refractivity contribution in [3.63, 3.8) is 0 Å². The molecule has 3 N–H and O–H groups in total. The zero-order valence-corrected chi connectivity index (χ0v) is 11.1. The van der Waals surface area contributed by atoms with E-state index < -0.39 is 37.8 Å². The molecule has 0 saturated carbocycles. The van der Waals surface area contributed by atoms with E-state index in [4.69, 9.17) is 10.5 Å². The molecule has 1 unspecified atom stereocenters. The van der Waals surface area contributed by atoms with E-state index in [2.05, 4.69) is 4.72 Å². The van der Waals surface area contributed by atoms with E-state index in [9.17, 15) is 17.2 Å². The Morgan fingerprint density at radius 3 is 2.68 bits per heavy atom. The van der Waals surface area contributed by atoms with E-state index >= 15 is 0 Å². The number of nitrogens with two attached hydrogens (primary N) is 1. The highest BCUT2D eigenvalue weighted by atomic mass is 32.2. The molecule has 1 saturated heterocycles. The number of anilines is 1. The van der Waals surface area contributed by atoms with Crippen molar-refractivity contribution in [1.82, 2.24) is 4.72 Å². The van der Waals surface area contributed by atoms with Crippen molar-refractivity contribution in [2.45, 2.75) is 23.8 Å². The van der Waals surface area contributed by atoms with E-state index in [0.717, 1.165) is 12.1 Å². The lowest BCUT2D eigenvalue weighted by Crippen LogP contribution is -2.46. The van der Waals surface area contributed by atoms with Crippen LogP contribution in [0.4, 0.5) is 14.5 Å². The Morgan fingerprint density at radius 1 is 1.42 bits per heavy atom. The molecule has 1 heterocycles. The number of rotatable bonds is 3. The summed E-state index contributed by atoms with van der Waals surface area (Å²) < 4.78 is 58.4. The summed E-state index contributed by atoms with van der Waals surface area (Å²) in [5.41, 5.74) is 3.55. The molecular formula is C11H14F2N2O3S. The molecule has 0 aromatic heterocycles. The van der Waals surface area contributed by atoms with Gasteiger partial charge in [-0.25, -0.2) is 21.9 Å². The summed E-state index contributed by atoms with van der Waals surface area (Å²) in [6.07, 6.45) is 0.477. The van der Waals surface area contributed by atoms with Gasteiger partial charge in [-0.05, 0) is 25.5 Å². The fourth-order valence-electron chi connectivity index (χ4n) is 1.88. The van der Waals surface area contributed by atoms with Gasteiger partial charge in [0.15, 0.2) is 5.82 Å². The molecule has 0 radical (unpaired) electrons. The van der Waals surface area contributed by atoms with E-state index in [-0.39, 0.29) is 6.61 Å². The maximum absolute atomic E-state index is 13.7. The molecule has 1 aliphatic rings. The van der Waals surface area contributed by atoms with Gasteiger partial charge in [0.05, 0.1) is 12.1 Å². The number of hydrogen-bond donors (Lipinski definition) is 2. The summed E-state index contributed by atoms with van der Waals surface area (Å²) in [5.74, 6) is -2.28. The standard InChI is InChI=1S/C11H14F2N2O3S/c1-11(4-5-18-6-11)15-19(16,17)8-3-2-7(12)10(14)9(8)13/h2-3,15H,4-6,14H2,1H3. The predicted molar refractivity (Wildman–Crippen MR) is 64.9 cm³/mol. The van der Waals surface area contributed by atoms with Gasteiger partial charge in [-0.15, -0.1) is 0 Å². The van der Waals surface area contributed by atoms with Crippen LogP contribution in [0.25, 0.3) is 0 Å². The second-order valence-electron chi connectivity index (χ2n) is 4.74. The van der Waals surface area contributed by atoms with Crippen molar-refractivity contribution in [2.75, 3.05) is 18.9 Å². The quantitative estimate of drug-likeness (QED) is 0.815. The molecule has 0 amide bonds. The monoisotopic (exact) mass is 292 g/mol. The normalized spacial score (nSPS) is 23.7. The van der Waals surface area contributed by atoms with Crippen LogP contribution < -0.4 is 10.5 Å². The Hall–Kier alpha value is -1.25. The molecular weight excluding hydrogens is 278 g/mol. The first-order valence-electron chi connectivity index (χ1n) is 5.60. The summed E-state index contributed by atoms with van der Waals surface area (Å²) in [5, 5.41) is 0. The molecule has 8 heteroatoms. The molecule has 2 rings (SSSR count). The van der Waals surface area contributed by atoms with Crippen molar-refractivity contribution in [2.24, 2.45) is 0 Å². The second kappa shape index (κ2) is 4.69. The molecule has 0 aliphatic carbocycles. The molecule has 1 aromatic carbocycles. The average molecular weight is 292 g/mol. The summed E-state index contributed by atoms with van der Waals surface area (Å²) in [4.78, 5) is -0.667. The summed E-state index contributed by atoms with van der Waals surface area (Å²) >= 11 is 0. The molecule has 1 aromatic rings. The minimum absolute atomic E-state index is 0.199. The molecule has 0 bridgehead atoms. The van der Waals surface area contributed by atoms with Crippen LogP contribution in [0.5, 0.6) is 0 Å². The molecule has 1 atom stereocenters. The number of benzene rings is 1. The van der Waals surface area contributed by atoms with Crippen molar-refractivity contribution >= 4 is 15.7 Å². The number of sulfonamides is 1. The zero-order chi connectivity index (χ0) is 14.3. The highest BCUT2D eigenvalue weighted by Gasteiger charge is 2.36. The summed E-state index contributed by atoms with van der Waals surface area (Å²) in [6, 6.07) is 1.67. The lowest BCUT2D eigenvalue weighted by atomic mass is 10.0. The van der Waals surface area contributed by atoms with Crippen LogP contribution in [0.2, 0.25) is 0 Å². The largest absolute Gasteiger partial charge is 0.394 e. The van der Waals surface area contributed by atoms with Crippen LogP contribution >= 0.6 is 0 Å². The van der Waals surface area contributed by atoms with E-state index in [1.807, 2.05) is 0 Å². The lowest BCUT2D eigenvalue weighted by Gasteiger charge is -2.23. The fourth-order valence-corrected chi connectivity index (χ4v) is 3.40. The molecule has 5 nitrogen and oxygen atoms in total. The van der Waals surface area contributed by atoms with Gasteiger partial charge in [-0.3, -0.25) is 0 Å². The van der Waals surface area contributed by atoms with E-state index in [0.29, 0.717) is 13.0 Å². The Labute approximate surface area is 109 Å². The van der Waals surface area contributed by atoms with Gasteiger partial charge >= 0.3 is 0 Å². The molecule has 19 heavy (non-hydrogen) atoms. The van der Waals surface area contributed by atoms with Gasteiger partial charge in [0.2, 0.25) is 10.0 Å². The fraction of sp³-hybridized carbons (Fsp3) is 0.455. The molecule has 0 spiro atoms. The van der Waals surface area contributed by atoms with Gasteiger partial charge in [-0.1, -0.05) is 0 Å². The first kappa shape index (κ1) is 14.2. The molecule has 106 valence electrons.